The molecule has 142 valence electrons. The number of carbonyl (C=O) groups is 2. The molecule has 25 heavy (non-hydrogen) atoms. The van der Waals surface area contributed by atoms with E-state index in [0.717, 1.165) is 44.9 Å². The second kappa shape index (κ2) is 12.8. The molecule has 0 fully saturated rings. The van der Waals surface area contributed by atoms with E-state index in [-0.39, 0.29) is 30.6 Å². The number of hydrogen-bond acceptors (Lipinski definition) is 4. The molecule has 0 unspecified atom stereocenters. The van der Waals surface area contributed by atoms with Crippen molar-refractivity contribution in [1.82, 2.24) is 0 Å². The Labute approximate surface area is 150 Å². The SMILES string of the molecule is O=C(O)CCCCCC[C@H]1C(=O)C=C[C@@H]1/C=C/[C@@H](O)CCCCCO. The maximum absolute atomic E-state index is 12.0. The van der Waals surface area contributed by atoms with E-state index in [1.165, 1.54) is 0 Å². The van der Waals surface area contributed by atoms with Crippen LogP contribution in [0, 0.1) is 11.8 Å². The molecule has 1 aliphatic carbocycles. The van der Waals surface area contributed by atoms with Crippen LogP contribution >= 0.6 is 0 Å². The standard InChI is InChI=1S/C20H32O5/c21-15-7-3-4-8-17(22)13-11-16-12-14-19(23)18(16)9-5-1-2-6-10-20(24)25/h11-14,16-18,21-22H,1-10,15H2,(H,24,25)/b13-11+/t16-,17-,18+/m0/s1. The van der Waals surface area contributed by atoms with Crippen molar-refractivity contribution >= 4 is 11.8 Å². The van der Waals surface area contributed by atoms with Crippen LogP contribution in [0.15, 0.2) is 24.3 Å². The van der Waals surface area contributed by atoms with Gasteiger partial charge >= 0.3 is 5.97 Å². The van der Waals surface area contributed by atoms with Gasteiger partial charge in [-0.3, -0.25) is 9.59 Å². The zero-order chi connectivity index (χ0) is 18.5. The summed E-state index contributed by atoms with van der Waals surface area (Å²) >= 11 is 0. The number of carboxylic acid groups (broad SMARTS) is 1. The summed E-state index contributed by atoms with van der Waals surface area (Å²) in [5, 5.41) is 27.3. The lowest BCUT2D eigenvalue weighted by molar-refractivity contribution is -0.137. The summed E-state index contributed by atoms with van der Waals surface area (Å²) < 4.78 is 0. The molecule has 0 aromatic heterocycles. The van der Waals surface area contributed by atoms with E-state index in [1.807, 2.05) is 12.2 Å². The van der Waals surface area contributed by atoms with Gasteiger partial charge in [0.05, 0.1) is 6.10 Å². The average Bonchev–Trinajstić information content (AvgIpc) is 2.93. The molecule has 3 N–H and O–H groups in total. The summed E-state index contributed by atoms with van der Waals surface area (Å²) in [6.07, 6.45) is 14.5. The van der Waals surface area contributed by atoms with E-state index < -0.39 is 12.1 Å². The van der Waals surface area contributed by atoms with E-state index in [4.69, 9.17) is 10.2 Å². The van der Waals surface area contributed by atoms with Crippen LogP contribution in [-0.4, -0.2) is 39.8 Å². The monoisotopic (exact) mass is 352 g/mol. The van der Waals surface area contributed by atoms with Gasteiger partial charge in [-0.1, -0.05) is 50.3 Å². The molecule has 3 atom stereocenters. The number of ketones is 1. The number of allylic oxidation sites excluding steroid dienone is 3. The van der Waals surface area contributed by atoms with Crippen molar-refractivity contribution in [2.24, 2.45) is 11.8 Å². The maximum Gasteiger partial charge on any atom is 0.303 e. The number of aliphatic carboxylic acids is 1. The van der Waals surface area contributed by atoms with Gasteiger partial charge in [0, 0.05) is 24.9 Å². The third-order valence-corrected chi connectivity index (χ3v) is 4.68. The van der Waals surface area contributed by atoms with E-state index >= 15 is 0 Å². The molecule has 0 aromatic carbocycles. The zero-order valence-electron chi connectivity index (χ0n) is 15.0. The second-order valence-electron chi connectivity index (χ2n) is 6.82. The lowest BCUT2D eigenvalue weighted by Crippen LogP contribution is -2.15. The highest BCUT2D eigenvalue weighted by atomic mass is 16.4. The fourth-order valence-corrected chi connectivity index (χ4v) is 3.18. The molecule has 5 nitrogen and oxygen atoms in total. The van der Waals surface area contributed by atoms with Crippen LogP contribution in [0.4, 0.5) is 0 Å². The molecule has 0 radical (unpaired) electrons. The molecule has 0 spiro atoms. The van der Waals surface area contributed by atoms with Crippen molar-refractivity contribution in [2.45, 2.75) is 70.3 Å². The highest BCUT2D eigenvalue weighted by Crippen LogP contribution is 2.29. The third-order valence-electron chi connectivity index (χ3n) is 4.68. The van der Waals surface area contributed by atoms with Crippen LogP contribution in [0.3, 0.4) is 0 Å². The molecule has 1 rings (SSSR count). The Balaban J connectivity index is 2.27. The quantitative estimate of drug-likeness (QED) is 0.329. The molecule has 5 heteroatoms. The van der Waals surface area contributed by atoms with Crippen molar-refractivity contribution < 1.29 is 24.9 Å². The summed E-state index contributed by atoms with van der Waals surface area (Å²) in [7, 11) is 0. The van der Waals surface area contributed by atoms with Crippen LogP contribution in [0.2, 0.25) is 0 Å². The first kappa shape index (κ1) is 21.6. The van der Waals surface area contributed by atoms with Gasteiger partial charge in [-0.15, -0.1) is 0 Å². The van der Waals surface area contributed by atoms with Crippen molar-refractivity contribution in [3.05, 3.63) is 24.3 Å². The van der Waals surface area contributed by atoms with E-state index in [1.54, 1.807) is 12.2 Å². The van der Waals surface area contributed by atoms with Crippen LogP contribution < -0.4 is 0 Å². The predicted molar refractivity (Wildman–Crippen MR) is 97.2 cm³/mol. The Morgan fingerprint density at radius 1 is 1.12 bits per heavy atom. The van der Waals surface area contributed by atoms with Gasteiger partial charge < -0.3 is 15.3 Å². The number of aliphatic hydroxyl groups excluding tert-OH is 2. The Hall–Kier alpha value is -1.46. The molecule has 0 aromatic rings. The summed E-state index contributed by atoms with van der Waals surface area (Å²) in [6.45, 7) is 0.193. The van der Waals surface area contributed by atoms with Gasteiger partial charge in [-0.25, -0.2) is 0 Å². The van der Waals surface area contributed by atoms with Gasteiger partial charge in [0.15, 0.2) is 5.78 Å². The van der Waals surface area contributed by atoms with Crippen molar-refractivity contribution in [3.8, 4) is 0 Å². The maximum atomic E-state index is 12.0. The predicted octanol–water partition coefficient (Wildman–Crippen LogP) is 3.25. The molecular formula is C20H32O5. The first-order valence-corrected chi connectivity index (χ1v) is 9.45. The lowest BCUT2D eigenvalue weighted by atomic mass is 9.88. The molecule has 0 heterocycles. The minimum atomic E-state index is -0.754. The normalized spacial score (nSPS) is 21.3. The zero-order valence-corrected chi connectivity index (χ0v) is 15.0. The summed E-state index contributed by atoms with van der Waals surface area (Å²) in [6, 6.07) is 0. The smallest absolute Gasteiger partial charge is 0.303 e. The Morgan fingerprint density at radius 3 is 2.56 bits per heavy atom. The topological polar surface area (TPSA) is 94.8 Å². The lowest BCUT2D eigenvalue weighted by Gasteiger charge is -2.15. The second-order valence-corrected chi connectivity index (χ2v) is 6.82. The molecule has 0 saturated carbocycles. The van der Waals surface area contributed by atoms with Crippen LogP contribution in [0.5, 0.6) is 0 Å². The van der Waals surface area contributed by atoms with Crippen LogP contribution in [0.25, 0.3) is 0 Å². The van der Waals surface area contributed by atoms with Crippen LogP contribution in [-0.2, 0) is 9.59 Å². The molecule has 1 aliphatic rings. The first-order valence-electron chi connectivity index (χ1n) is 9.45. The van der Waals surface area contributed by atoms with Gasteiger partial charge in [0.2, 0.25) is 0 Å². The minimum Gasteiger partial charge on any atom is -0.481 e. The van der Waals surface area contributed by atoms with Gasteiger partial charge in [0.25, 0.3) is 0 Å². The highest BCUT2D eigenvalue weighted by Gasteiger charge is 2.27. The third kappa shape index (κ3) is 9.56. The van der Waals surface area contributed by atoms with Crippen molar-refractivity contribution in [2.75, 3.05) is 6.61 Å². The number of hydrogen-bond donors (Lipinski definition) is 3. The van der Waals surface area contributed by atoms with E-state index in [2.05, 4.69) is 0 Å². The molecule has 0 bridgehead atoms. The first-order chi connectivity index (χ1) is 12.0. The molecule has 0 aliphatic heterocycles. The molecule has 0 saturated heterocycles. The summed E-state index contributed by atoms with van der Waals surface area (Å²) in [5.74, 6) is -0.594. The summed E-state index contributed by atoms with van der Waals surface area (Å²) in [5.41, 5.74) is 0. The Bertz CT molecular complexity index is 455. The number of unbranched alkanes of at least 4 members (excludes halogenated alkanes) is 5. The largest absolute Gasteiger partial charge is 0.481 e. The Morgan fingerprint density at radius 2 is 1.84 bits per heavy atom. The molecular weight excluding hydrogens is 320 g/mol. The van der Waals surface area contributed by atoms with Gasteiger partial charge in [0.1, 0.15) is 0 Å². The number of rotatable bonds is 14. The van der Waals surface area contributed by atoms with E-state index in [0.29, 0.717) is 12.8 Å². The summed E-state index contributed by atoms with van der Waals surface area (Å²) in [4.78, 5) is 22.5. The average molecular weight is 352 g/mol. The van der Waals surface area contributed by atoms with Gasteiger partial charge in [-0.2, -0.15) is 0 Å². The molecule has 0 amide bonds. The fraction of sp³-hybridized carbons (Fsp3) is 0.700. The Kier molecular flexibility index (Phi) is 11.1. The van der Waals surface area contributed by atoms with Crippen molar-refractivity contribution in [3.63, 3.8) is 0 Å². The number of carbonyl (C=O) groups excluding carboxylic acids is 1. The minimum absolute atomic E-state index is 0.0442. The van der Waals surface area contributed by atoms with E-state index in [9.17, 15) is 14.7 Å². The van der Waals surface area contributed by atoms with Gasteiger partial charge in [-0.05, 0) is 31.8 Å². The number of aliphatic hydroxyl groups is 2. The number of carboxylic acids is 1. The highest BCUT2D eigenvalue weighted by molar-refractivity contribution is 5.94. The van der Waals surface area contributed by atoms with Crippen LogP contribution in [0.1, 0.15) is 64.2 Å². The van der Waals surface area contributed by atoms with Crippen molar-refractivity contribution in [1.29, 1.82) is 0 Å². The fourth-order valence-electron chi connectivity index (χ4n) is 3.18.